The second-order valence-corrected chi connectivity index (χ2v) is 7.43. The molecule has 0 aliphatic carbocycles. The molecule has 6 heteroatoms. The van der Waals surface area contributed by atoms with E-state index in [0.29, 0.717) is 12.5 Å². The molecule has 2 aliphatic heterocycles. The van der Waals surface area contributed by atoms with Gasteiger partial charge >= 0.3 is 0 Å². The SMILES string of the molecule is COc1ccc(CN2CCOC[C@]3(C[C@H](Cn4ccnc4)CO3)C2)cc1. The molecule has 1 aromatic heterocycles. The molecule has 26 heavy (non-hydrogen) atoms. The molecule has 0 bridgehead atoms. The van der Waals surface area contributed by atoms with Crippen LogP contribution in [-0.4, -0.2) is 60.1 Å². The quantitative estimate of drug-likeness (QED) is 0.821. The van der Waals surface area contributed by atoms with Crippen LogP contribution in [0.5, 0.6) is 5.75 Å². The van der Waals surface area contributed by atoms with Gasteiger partial charge in [-0.3, -0.25) is 4.90 Å². The first kappa shape index (κ1) is 17.5. The van der Waals surface area contributed by atoms with Crippen molar-refractivity contribution in [2.24, 2.45) is 5.92 Å². The summed E-state index contributed by atoms with van der Waals surface area (Å²) >= 11 is 0. The maximum Gasteiger partial charge on any atom is 0.118 e. The van der Waals surface area contributed by atoms with E-state index in [-0.39, 0.29) is 5.60 Å². The van der Waals surface area contributed by atoms with Gasteiger partial charge in [0, 0.05) is 44.5 Å². The molecule has 0 unspecified atom stereocenters. The number of hydrogen-bond donors (Lipinski definition) is 0. The molecule has 1 spiro atoms. The summed E-state index contributed by atoms with van der Waals surface area (Å²) in [4.78, 5) is 6.59. The third kappa shape index (κ3) is 4.09. The summed E-state index contributed by atoms with van der Waals surface area (Å²) < 4.78 is 19.6. The third-order valence-corrected chi connectivity index (χ3v) is 5.31. The van der Waals surface area contributed by atoms with Gasteiger partial charge in [-0.25, -0.2) is 4.98 Å². The predicted octanol–water partition coefficient (Wildman–Crippen LogP) is 2.20. The molecule has 2 aliphatic rings. The lowest BCUT2D eigenvalue weighted by molar-refractivity contribution is -0.0563. The fourth-order valence-corrected chi connectivity index (χ4v) is 4.07. The first-order valence-electron chi connectivity index (χ1n) is 9.27. The van der Waals surface area contributed by atoms with Gasteiger partial charge in [-0.2, -0.15) is 0 Å². The number of methoxy groups -OCH3 is 1. The molecule has 0 N–H and O–H groups in total. The minimum atomic E-state index is -0.186. The van der Waals surface area contributed by atoms with Crippen molar-refractivity contribution in [3.05, 3.63) is 48.5 Å². The topological polar surface area (TPSA) is 48.8 Å². The van der Waals surface area contributed by atoms with Gasteiger partial charge in [-0.1, -0.05) is 12.1 Å². The Kier molecular flexibility index (Phi) is 5.24. The van der Waals surface area contributed by atoms with Crippen LogP contribution in [0.3, 0.4) is 0 Å². The van der Waals surface area contributed by atoms with Gasteiger partial charge in [0.2, 0.25) is 0 Å². The standard InChI is InChI=1S/C20H27N3O3/c1-24-19-4-2-17(3-5-19)11-22-8-9-25-15-20(14-22)10-18(13-26-20)12-23-7-6-21-16-23/h2-7,16,18H,8-15H2,1H3/t18-,20+/m1/s1. The van der Waals surface area contributed by atoms with Crippen molar-refractivity contribution >= 4 is 0 Å². The third-order valence-electron chi connectivity index (χ3n) is 5.31. The van der Waals surface area contributed by atoms with Gasteiger partial charge in [0.1, 0.15) is 11.4 Å². The normalized spacial score (nSPS) is 26.9. The summed E-state index contributed by atoms with van der Waals surface area (Å²) in [6, 6.07) is 8.31. The van der Waals surface area contributed by atoms with Gasteiger partial charge < -0.3 is 18.8 Å². The van der Waals surface area contributed by atoms with E-state index in [4.69, 9.17) is 14.2 Å². The number of imidazole rings is 1. The molecule has 1 aromatic carbocycles. The maximum atomic E-state index is 6.31. The van der Waals surface area contributed by atoms with E-state index in [1.807, 2.05) is 30.9 Å². The van der Waals surface area contributed by atoms with Gasteiger partial charge in [-0.05, 0) is 24.1 Å². The Labute approximate surface area is 154 Å². The zero-order valence-corrected chi connectivity index (χ0v) is 15.3. The summed E-state index contributed by atoms with van der Waals surface area (Å²) in [6.07, 6.45) is 6.76. The van der Waals surface area contributed by atoms with Crippen LogP contribution in [0, 0.1) is 5.92 Å². The Bertz CT molecular complexity index is 689. The lowest BCUT2D eigenvalue weighted by atomic mass is 9.94. The summed E-state index contributed by atoms with van der Waals surface area (Å²) in [7, 11) is 1.70. The highest BCUT2D eigenvalue weighted by molar-refractivity contribution is 5.27. The van der Waals surface area contributed by atoms with Crippen LogP contribution >= 0.6 is 0 Å². The van der Waals surface area contributed by atoms with Crippen molar-refractivity contribution in [2.75, 3.05) is 40.0 Å². The number of aromatic nitrogens is 2. The van der Waals surface area contributed by atoms with E-state index in [0.717, 1.165) is 51.6 Å². The van der Waals surface area contributed by atoms with Crippen LogP contribution in [0.4, 0.5) is 0 Å². The summed E-state index contributed by atoms with van der Waals surface area (Å²) in [6.45, 7) is 5.95. The molecule has 4 rings (SSSR count). The number of hydrogen-bond acceptors (Lipinski definition) is 5. The fourth-order valence-electron chi connectivity index (χ4n) is 4.07. The zero-order chi connectivity index (χ0) is 17.8. The second kappa shape index (κ2) is 7.78. The molecule has 140 valence electrons. The molecule has 2 atom stereocenters. The molecule has 6 nitrogen and oxygen atoms in total. The minimum absolute atomic E-state index is 0.186. The highest BCUT2D eigenvalue weighted by atomic mass is 16.5. The monoisotopic (exact) mass is 357 g/mol. The molecule has 2 aromatic rings. The predicted molar refractivity (Wildman–Crippen MR) is 98.1 cm³/mol. The van der Waals surface area contributed by atoms with Gasteiger partial charge in [0.15, 0.2) is 0 Å². The van der Waals surface area contributed by atoms with Crippen LogP contribution < -0.4 is 4.74 Å². The van der Waals surface area contributed by atoms with E-state index in [1.54, 1.807) is 7.11 Å². The highest BCUT2D eigenvalue weighted by Crippen LogP contribution is 2.34. The smallest absolute Gasteiger partial charge is 0.118 e. The maximum absolute atomic E-state index is 6.31. The fraction of sp³-hybridized carbons (Fsp3) is 0.550. The van der Waals surface area contributed by atoms with E-state index >= 15 is 0 Å². The Hall–Kier alpha value is -1.89. The first-order chi connectivity index (χ1) is 12.7. The number of ether oxygens (including phenoxy) is 3. The Morgan fingerprint density at radius 2 is 2.19 bits per heavy atom. The average molecular weight is 357 g/mol. The second-order valence-electron chi connectivity index (χ2n) is 7.43. The van der Waals surface area contributed by atoms with Gasteiger partial charge in [0.25, 0.3) is 0 Å². The molecule has 3 heterocycles. The molecule has 2 saturated heterocycles. The number of rotatable bonds is 5. The van der Waals surface area contributed by atoms with Crippen molar-refractivity contribution in [1.29, 1.82) is 0 Å². The lowest BCUT2D eigenvalue weighted by Gasteiger charge is -2.31. The van der Waals surface area contributed by atoms with Crippen LogP contribution in [0.25, 0.3) is 0 Å². The number of benzene rings is 1. The largest absolute Gasteiger partial charge is 0.497 e. The molecule has 0 radical (unpaired) electrons. The van der Waals surface area contributed by atoms with E-state index in [1.165, 1.54) is 5.56 Å². The van der Waals surface area contributed by atoms with Crippen molar-refractivity contribution in [3.8, 4) is 5.75 Å². The highest BCUT2D eigenvalue weighted by Gasteiger charge is 2.43. The minimum Gasteiger partial charge on any atom is -0.497 e. The molecule has 0 saturated carbocycles. The van der Waals surface area contributed by atoms with Crippen LogP contribution in [-0.2, 0) is 22.6 Å². The van der Waals surface area contributed by atoms with Crippen LogP contribution in [0.1, 0.15) is 12.0 Å². The van der Waals surface area contributed by atoms with E-state index < -0.39 is 0 Å². The van der Waals surface area contributed by atoms with E-state index in [2.05, 4.69) is 26.6 Å². The summed E-state index contributed by atoms with van der Waals surface area (Å²) in [5, 5.41) is 0. The van der Waals surface area contributed by atoms with Crippen molar-refractivity contribution in [3.63, 3.8) is 0 Å². The molecular weight excluding hydrogens is 330 g/mol. The first-order valence-corrected chi connectivity index (χ1v) is 9.27. The Morgan fingerprint density at radius 1 is 1.31 bits per heavy atom. The average Bonchev–Trinajstić information content (AvgIpc) is 3.25. The Balaban J connectivity index is 1.39. The zero-order valence-electron chi connectivity index (χ0n) is 15.3. The van der Waals surface area contributed by atoms with Crippen LogP contribution in [0.15, 0.2) is 43.0 Å². The lowest BCUT2D eigenvalue weighted by Crippen LogP contribution is -2.43. The summed E-state index contributed by atoms with van der Waals surface area (Å²) in [5.41, 5.74) is 1.10. The van der Waals surface area contributed by atoms with Crippen molar-refractivity contribution in [1.82, 2.24) is 14.5 Å². The molecule has 2 fully saturated rings. The Morgan fingerprint density at radius 3 is 2.96 bits per heavy atom. The van der Waals surface area contributed by atoms with Gasteiger partial charge in [0.05, 0.1) is 33.3 Å². The van der Waals surface area contributed by atoms with E-state index in [9.17, 15) is 0 Å². The van der Waals surface area contributed by atoms with Gasteiger partial charge in [-0.15, -0.1) is 0 Å². The van der Waals surface area contributed by atoms with Crippen molar-refractivity contribution < 1.29 is 14.2 Å². The summed E-state index contributed by atoms with van der Waals surface area (Å²) in [5.74, 6) is 1.40. The molecule has 0 amide bonds. The van der Waals surface area contributed by atoms with Crippen LogP contribution in [0.2, 0.25) is 0 Å². The van der Waals surface area contributed by atoms with Crippen molar-refractivity contribution in [2.45, 2.75) is 25.1 Å². The number of nitrogens with zero attached hydrogens (tertiary/aromatic N) is 3. The molecular formula is C20H27N3O3.